The molecular formula is C14H23N3O3. The fourth-order valence-electron chi connectivity index (χ4n) is 2.63. The normalized spacial score (nSPS) is 17.6. The first-order valence-corrected chi connectivity index (χ1v) is 7.23. The molecule has 6 heteroatoms. The second kappa shape index (κ2) is 6.35. The highest BCUT2D eigenvalue weighted by molar-refractivity contribution is 5.82. The summed E-state index contributed by atoms with van der Waals surface area (Å²) in [5.41, 5.74) is -0.709. The van der Waals surface area contributed by atoms with Gasteiger partial charge in [-0.3, -0.25) is 4.79 Å². The number of carbonyl (C=O) groups excluding carboxylic acids is 1. The molecule has 0 saturated heterocycles. The van der Waals surface area contributed by atoms with Crippen molar-refractivity contribution in [1.29, 1.82) is 0 Å². The van der Waals surface area contributed by atoms with E-state index in [1.54, 1.807) is 0 Å². The Hall–Kier alpha value is -1.43. The van der Waals surface area contributed by atoms with Crippen LogP contribution in [-0.4, -0.2) is 48.3 Å². The maximum Gasteiger partial charge on any atom is 0.321 e. The van der Waals surface area contributed by atoms with E-state index in [0.29, 0.717) is 18.3 Å². The highest BCUT2D eigenvalue weighted by Crippen LogP contribution is 2.41. The van der Waals surface area contributed by atoms with Crippen LogP contribution in [0.3, 0.4) is 0 Å². The van der Waals surface area contributed by atoms with Crippen molar-refractivity contribution < 1.29 is 14.1 Å². The smallest absolute Gasteiger partial charge is 0.321 e. The van der Waals surface area contributed by atoms with Gasteiger partial charge in [-0.1, -0.05) is 18.0 Å². The third-order valence-electron chi connectivity index (χ3n) is 3.78. The molecule has 0 bridgehead atoms. The molecule has 0 unspecified atom stereocenters. The maximum absolute atomic E-state index is 12.3. The van der Waals surface area contributed by atoms with E-state index in [1.165, 1.54) is 0 Å². The maximum atomic E-state index is 12.3. The van der Waals surface area contributed by atoms with Gasteiger partial charge in [0, 0.05) is 13.0 Å². The molecule has 0 aromatic carbocycles. The molecule has 0 aliphatic heterocycles. The zero-order chi connectivity index (χ0) is 14.6. The molecular weight excluding hydrogens is 258 g/mol. The Labute approximate surface area is 119 Å². The van der Waals surface area contributed by atoms with Crippen LogP contribution in [0.1, 0.15) is 44.3 Å². The second-order valence-electron chi connectivity index (χ2n) is 5.58. The summed E-state index contributed by atoms with van der Waals surface area (Å²) in [6.45, 7) is 3.05. The third-order valence-corrected chi connectivity index (χ3v) is 3.78. The molecule has 0 amide bonds. The number of ether oxygens (including phenoxy) is 1. The van der Waals surface area contributed by atoms with E-state index in [4.69, 9.17) is 9.26 Å². The van der Waals surface area contributed by atoms with Gasteiger partial charge in [-0.25, -0.2) is 0 Å². The Balaban J connectivity index is 2.16. The lowest BCUT2D eigenvalue weighted by molar-refractivity contribution is -0.151. The van der Waals surface area contributed by atoms with E-state index in [0.717, 1.165) is 38.6 Å². The fraction of sp³-hybridized carbons (Fsp3) is 0.786. The van der Waals surface area contributed by atoms with Crippen LogP contribution in [0.15, 0.2) is 4.52 Å². The van der Waals surface area contributed by atoms with Gasteiger partial charge in [-0.05, 0) is 33.9 Å². The lowest BCUT2D eigenvalue weighted by atomic mass is 9.86. The number of esters is 1. The summed E-state index contributed by atoms with van der Waals surface area (Å²) in [4.78, 5) is 18.8. The van der Waals surface area contributed by atoms with E-state index in [2.05, 4.69) is 15.0 Å². The van der Waals surface area contributed by atoms with Crippen molar-refractivity contribution in [2.24, 2.45) is 0 Å². The van der Waals surface area contributed by atoms with Crippen molar-refractivity contribution in [1.82, 2.24) is 15.0 Å². The Morgan fingerprint density at radius 3 is 2.70 bits per heavy atom. The molecule has 0 atom stereocenters. The predicted molar refractivity (Wildman–Crippen MR) is 73.3 cm³/mol. The summed E-state index contributed by atoms with van der Waals surface area (Å²) < 4.78 is 10.6. The summed E-state index contributed by atoms with van der Waals surface area (Å²) in [5.74, 6) is 0.867. The van der Waals surface area contributed by atoms with Gasteiger partial charge in [-0.15, -0.1) is 0 Å². The Kier molecular flexibility index (Phi) is 4.75. The zero-order valence-corrected chi connectivity index (χ0v) is 12.5. The number of aromatic nitrogens is 2. The fourth-order valence-corrected chi connectivity index (χ4v) is 2.63. The van der Waals surface area contributed by atoms with Gasteiger partial charge >= 0.3 is 5.97 Å². The molecule has 0 radical (unpaired) electrons. The number of rotatable bonds is 6. The van der Waals surface area contributed by atoms with Crippen molar-refractivity contribution >= 4 is 5.97 Å². The third kappa shape index (κ3) is 3.00. The molecule has 0 N–H and O–H groups in total. The summed E-state index contributed by atoms with van der Waals surface area (Å²) in [5, 5.41) is 4.00. The highest BCUT2D eigenvalue weighted by Gasteiger charge is 2.49. The second-order valence-corrected chi connectivity index (χ2v) is 5.58. The van der Waals surface area contributed by atoms with Crippen LogP contribution in [0.5, 0.6) is 0 Å². The molecule has 2 rings (SSSR count). The molecule has 20 heavy (non-hydrogen) atoms. The Morgan fingerprint density at radius 1 is 1.40 bits per heavy atom. The Bertz CT molecular complexity index is 450. The monoisotopic (exact) mass is 281 g/mol. The first-order chi connectivity index (χ1) is 9.58. The van der Waals surface area contributed by atoms with Crippen molar-refractivity contribution in [2.45, 2.75) is 44.4 Å². The molecule has 1 aliphatic carbocycles. The summed E-state index contributed by atoms with van der Waals surface area (Å²) in [7, 11) is 4.00. The number of hydrogen-bond acceptors (Lipinski definition) is 6. The average molecular weight is 281 g/mol. The number of likely N-dealkylation sites (N-methyl/N-ethyl adjacent to an activating group) is 1. The SMILES string of the molecule is CCOC(=O)C1(c2nc(CCN(C)C)no2)CCCC1. The van der Waals surface area contributed by atoms with Gasteiger partial charge < -0.3 is 14.2 Å². The molecule has 6 nitrogen and oxygen atoms in total. The van der Waals surface area contributed by atoms with Crippen molar-refractivity contribution in [3.05, 3.63) is 11.7 Å². The lowest BCUT2D eigenvalue weighted by Gasteiger charge is -2.21. The van der Waals surface area contributed by atoms with Crippen LogP contribution in [0.4, 0.5) is 0 Å². The van der Waals surface area contributed by atoms with E-state index >= 15 is 0 Å². The quantitative estimate of drug-likeness (QED) is 0.737. The summed E-state index contributed by atoms with van der Waals surface area (Å²) in [6.07, 6.45) is 4.18. The van der Waals surface area contributed by atoms with Crippen LogP contribution >= 0.6 is 0 Å². The lowest BCUT2D eigenvalue weighted by Crippen LogP contribution is -2.35. The van der Waals surface area contributed by atoms with E-state index in [-0.39, 0.29) is 5.97 Å². The predicted octanol–water partition coefficient (Wildman–Crippen LogP) is 1.55. The Morgan fingerprint density at radius 2 is 2.10 bits per heavy atom. The van der Waals surface area contributed by atoms with Crippen molar-refractivity contribution in [3.8, 4) is 0 Å². The van der Waals surface area contributed by atoms with Crippen LogP contribution in [-0.2, 0) is 21.4 Å². The standard InChI is InChI=1S/C14H23N3O3/c1-4-19-13(18)14(8-5-6-9-14)12-15-11(16-20-12)7-10-17(2)3/h4-10H2,1-3H3. The first-order valence-electron chi connectivity index (χ1n) is 7.23. The van der Waals surface area contributed by atoms with Gasteiger partial charge in [0.25, 0.3) is 0 Å². The van der Waals surface area contributed by atoms with Gasteiger partial charge in [0.15, 0.2) is 5.82 Å². The molecule has 1 heterocycles. The van der Waals surface area contributed by atoms with E-state index < -0.39 is 5.41 Å². The van der Waals surface area contributed by atoms with E-state index in [9.17, 15) is 4.79 Å². The minimum absolute atomic E-state index is 0.222. The van der Waals surface area contributed by atoms with Crippen molar-refractivity contribution in [2.75, 3.05) is 27.2 Å². The zero-order valence-electron chi connectivity index (χ0n) is 12.5. The van der Waals surface area contributed by atoms with Crippen LogP contribution in [0.25, 0.3) is 0 Å². The average Bonchev–Trinajstić information content (AvgIpc) is 3.06. The molecule has 1 saturated carbocycles. The van der Waals surface area contributed by atoms with Gasteiger partial charge in [-0.2, -0.15) is 4.98 Å². The summed E-state index contributed by atoms with van der Waals surface area (Å²) in [6, 6.07) is 0. The van der Waals surface area contributed by atoms with Crippen LogP contribution < -0.4 is 0 Å². The van der Waals surface area contributed by atoms with Gasteiger partial charge in [0.05, 0.1) is 6.61 Å². The number of carbonyl (C=O) groups is 1. The molecule has 0 spiro atoms. The highest BCUT2D eigenvalue weighted by atomic mass is 16.5. The van der Waals surface area contributed by atoms with Crippen molar-refractivity contribution in [3.63, 3.8) is 0 Å². The minimum Gasteiger partial charge on any atom is -0.465 e. The van der Waals surface area contributed by atoms with Crippen LogP contribution in [0, 0.1) is 0 Å². The topological polar surface area (TPSA) is 68.5 Å². The summed E-state index contributed by atoms with van der Waals surface area (Å²) >= 11 is 0. The molecule has 1 aromatic heterocycles. The van der Waals surface area contributed by atoms with Gasteiger partial charge in [0.2, 0.25) is 5.89 Å². The van der Waals surface area contributed by atoms with Gasteiger partial charge in [0.1, 0.15) is 5.41 Å². The number of nitrogens with zero attached hydrogens (tertiary/aromatic N) is 3. The molecule has 1 aliphatic rings. The van der Waals surface area contributed by atoms with Crippen LogP contribution in [0.2, 0.25) is 0 Å². The molecule has 1 fully saturated rings. The largest absolute Gasteiger partial charge is 0.465 e. The minimum atomic E-state index is -0.709. The molecule has 1 aromatic rings. The van der Waals surface area contributed by atoms with E-state index in [1.807, 2.05) is 21.0 Å². The number of hydrogen-bond donors (Lipinski definition) is 0. The molecule has 112 valence electrons. The first kappa shape index (κ1) is 15.0.